The van der Waals surface area contributed by atoms with Gasteiger partial charge in [-0.3, -0.25) is 4.57 Å². The van der Waals surface area contributed by atoms with Crippen molar-refractivity contribution in [3.63, 3.8) is 0 Å². The Labute approximate surface area is 108 Å². The second kappa shape index (κ2) is 4.06. The first-order chi connectivity index (χ1) is 8.25. The number of imidazole rings is 1. The lowest BCUT2D eigenvalue weighted by Gasteiger charge is -2.04. The van der Waals surface area contributed by atoms with Crippen molar-refractivity contribution in [2.75, 3.05) is 0 Å². The first-order valence-electron chi connectivity index (χ1n) is 5.13. The van der Waals surface area contributed by atoms with Gasteiger partial charge in [0.05, 0.1) is 10.5 Å². The zero-order valence-corrected chi connectivity index (χ0v) is 10.3. The van der Waals surface area contributed by atoms with Crippen LogP contribution in [0.25, 0.3) is 16.7 Å². The van der Waals surface area contributed by atoms with E-state index in [9.17, 15) is 0 Å². The number of benzene rings is 2. The first kappa shape index (κ1) is 10.6. The van der Waals surface area contributed by atoms with E-state index in [1.807, 2.05) is 47.0 Å². The summed E-state index contributed by atoms with van der Waals surface area (Å²) in [5.74, 6) is 0. The summed E-state index contributed by atoms with van der Waals surface area (Å²) in [6.07, 6.45) is 1.76. The molecule has 3 aromatic rings. The molecule has 0 spiro atoms. The Morgan fingerprint density at radius 1 is 0.941 bits per heavy atom. The monoisotopic (exact) mass is 262 g/mol. The molecule has 17 heavy (non-hydrogen) atoms. The van der Waals surface area contributed by atoms with Gasteiger partial charge in [-0.2, -0.15) is 0 Å². The van der Waals surface area contributed by atoms with Crippen molar-refractivity contribution >= 4 is 34.2 Å². The highest BCUT2D eigenvalue weighted by atomic mass is 35.5. The van der Waals surface area contributed by atoms with Gasteiger partial charge in [-0.05, 0) is 36.4 Å². The highest BCUT2D eigenvalue weighted by molar-refractivity contribution is 6.34. The van der Waals surface area contributed by atoms with Crippen LogP contribution in [0.2, 0.25) is 10.0 Å². The minimum Gasteiger partial charge on any atom is -0.299 e. The van der Waals surface area contributed by atoms with Crippen molar-refractivity contribution in [2.24, 2.45) is 0 Å². The van der Waals surface area contributed by atoms with E-state index in [0.717, 1.165) is 21.7 Å². The highest BCUT2D eigenvalue weighted by Gasteiger charge is 2.06. The van der Waals surface area contributed by atoms with E-state index in [1.54, 1.807) is 6.33 Å². The van der Waals surface area contributed by atoms with Crippen LogP contribution in [0.15, 0.2) is 48.8 Å². The van der Waals surface area contributed by atoms with Crippen LogP contribution in [-0.4, -0.2) is 9.55 Å². The first-order valence-corrected chi connectivity index (χ1v) is 5.89. The van der Waals surface area contributed by atoms with Crippen molar-refractivity contribution < 1.29 is 0 Å². The van der Waals surface area contributed by atoms with Gasteiger partial charge in [-0.25, -0.2) is 4.98 Å². The summed E-state index contributed by atoms with van der Waals surface area (Å²) >= 11 is 12.0. The van der Waals surface area contributed by atoms with Crippen molar-refractivity contribution in [1.29, 1.82) is 0 Å². The molecular formula is C13H8Cl2N2. The molecular weight excluding hydrogens is 255 g/mol. The van der Waals surface area contributed by atoms with E-state index in [1.165, 1.54) is 0 Å². The van der Waals surface area contributed by atoms with E-state index in [-0.39, 0.29) is 0 Å². The summed E-state index contributed by atoms with van der Waals surface area (Å²) in [5.41, 5.74) is 2.81. The molecule has 0 atom stereocenters. The average Bonchev–Trinajstić information content (AvgIpc) is 2.75. The molecule has 0 aliphatic carbocycles. The number of para-hydroxylation sites is 1. The highest BCUT2D eigenvalue weighted by Crippen LogP contribution is 2.24. The Morgan fingerprint density at radius 2 is 1.71 bits per heavy atom. The van der Waals surface area contributed by atoms with Crippen molar-refractivity contribution in [2.45, 2.75) is 0 Å². The van der Waals surface area contributed by atoms with Crippen LogP contribution in [0.4, 0.5) is 0 Å². The third-order valence-electron chi connectivity index (χ3n) is 2.63. The maximum atomic E-state index is 6.09. The van der Waals surface area contributed by atoms with Gasteiger partial charge in [0.2, 0.25) is 0 Å². The van der Waals surface area contributed by atoms with Gasteiger partial charge in [-0.1, -0.05) is 29.3 Å². The number of hydrogen-bond donors (Lipinski definition) is 0. The van der Waals surface area contributed by atoms with Crippen molar-refractivity contribution in [3.8, 4) is 5.69 Å². The van der Waals surface area contributed by atoms with Gasteiger partial charge >= 0.3 is 0 Å². The fourth-order valence-electron chi connectivity index (χ4n) is 1.81. The molecule has 2 aromatic carbocycles. The zero-order chi connectivity index (χ0) is 11.8. The second-order valence-electron chi connectivity index (χ2n) is 3.70. The Balaban J connectivity index is 2.24. The zero-order valence-electron chi connectivity index (χ0n) is 8.77. The van der Waals surface area contributed by atoms with E-state index < -0.39 is 0 Å². The van der Waals surface area contributed by atoms with E-state index in [0.29, 0.717) is 5.02 Å². The Kier molecular flexibility index (Phi) is 2.54. The quantitative estimate of drug-likeness (QED) is 0.638. The number of aromatic nitrogens is 2. The van der Waals surface area contributed by atoms with Gasteiger partial charge in [-0.15, -0.1) is 0 Å². The molecule has 0 saturated carbocycles. The lowest BCUT2D eigenvalue weighted by molar-refractivity contribution is 1.09. The standard InChI is InChI=1S/C13H8Cl2N2/c14-9-4-6-10(7-5-9)17-8-16-13-11(15)2-1-3-12(13)17/h1-8H. The molecule has 0 radical (unpaired) electrons. The molecule has 0 aliphatic rings. The summed E-state index contributed by atoms with van der Waals surface area (Å²) in [6, 6.07) is 13.3. The number of halogens is 2. The molecule has 2 nitrogen and oxygen atoms in total. The van der Waals surface area contributed by atoms with Crippen LogP contribution in [0.3, 0.4) is 0 Å². The molecule has 1 heterocycles. The van der Waals surface area contributed by atoms with Crippen LogP contribution in [0, 0.1) is 0 Å². The van der Waals surface area contributed by atoms with Crippen LogP contribution < -0.4 is 0 Å². The van der Waals surface area contributed by atoms with Gasteiger partial charge in [0.15, 0.2) is 0 Å². The maximum Gasteiger partial charge on any atom is 0.107 e. The number of rotatable bonds is 1. The predicted molar refractivity (Wildman–Crippen MR) is 71.1 cm³/mol. The second-order valence-corrected chi connectivity index (χ2v) is 4.54. The summed E-state index contributed by atoms with van der Waals surface area (Å²) < 4.78 is 1.98. The molecule has 0 fully saturated rings. The smallest absolute Gasteiger partial charge is 0.107 e. The predicted octanol–water partition coefficient (Wildman–Crippen LogP) is 4.33. The molecule has 0 saturated heterocycles. The van der Waals surface area contributed by atoms with Crippen LogP contribution in [0.1, 0.15) is 0 Å². The fraction of sp³-hybridized carbons (Fsp3) is 0. The largest absolute Gasteiger partial charge is 0.299 e. The van der Waals surface area contributed by atoms with Gasteiger partial charge in [0.1, 0.15) is 11.8 Å². The SMILES string of the molecule is Clc1ccc(-n2cnc3c(Cl)cccc32)cc1. The summed E-state index contributed by atoms with van der Waals surface area (Å²) in [7, 11) is 0. The summed E-state index contributed by atoms with van der Waals surface area (Å²) in [4.78, 5) is 4.32. The van der Waals surface area contributed by atoms with Crippen molar-refractivity contribution in [3.05, 3.63) is 58.8 Å². The molecule has 84 valence electrons. The van der Waals surface area contributed by atoms with E-state index >= 15 is 0 Å². The molecule has 4 heteroatoms. The van der Waals surface area contributed by atoms with Crippen molar-refractivity contribution in [1.82, 2.24) is 9.55 Å². The molecule has 1 aromatic heterocycles. The average molecular weight is 263 g/mol. The molecule has 0 aliphatic heterocycles. The van der Waals surface area contributed by atoms with E-state index in [2.05, 4.69) is 4.98 Å². The third kappa shape index (κ3) is 1.79. The lowest BCUT2D eigenvalue weighted by atomic mass is 10.3. The molecule has 0 N–H and O–H groups in total. The molecule has 3 rings (SSSR count). The van der Waals surface area contributed by atoms with Crippen LogP contribution >= 0.6 is 23.2 Å². The minimum atomic E-state index is 0.662. The number of fused-ring (bicyclic) bond motifs is 1. The van der Waals surface area contributed by atoms with Gasteiger partial charge in [0.25, 0.3) is 0 Å². The number of nitrogens with zero attached hydrogens (tertiary/aromatic N) is 2. The van der Waals surface area contributed by atoms with Gasteiger partial charge in [0, 0.05) is 10.7 Å². The summed E-state index contributed by atoms with van der Waals surface area (Å²) in [6.45, 7) is 0. The van der Waals surface area contributed by atoms with Crippen LogP contribution in [-0.2, 0) is 0 Å². The molecule has 0 amide bonds. The topological polar surface area (TPSA) is 17.8 Å². The fourth-order valence-corrected chi connectivity index (χ4v) is 2.16. The minimum absolute atomic E-state index is 0.662. The Hall–Kier alpha value is -1.51. The Bertz CT molecular complexity index is 671. The van der Waals surface area contributed by atoms with E-state index in [4.69, 9.17) is 23.2 Å². The number of hydrogen-bond acceptors (Lipinski definition) is 1. The van der Waals surface area contributed by atoms with Crippen LogP contribution in [0.5, 0.6) is 0 Å². The Morgan fingerprint density at radius 3 is 2.47 bits per heavy atom. The molecule has 0 unspecified atom stereocenters. The summed E-state index contributed by atoms with van der Waals surface area (Å²) in [5, 5.41) is 1.38. The van der Waals surface area contributed by atoms with Gasteiger partial charge < -0.3 is 0 Å². The third-order valence-corrected chi connectivity index (χ3v) is 3.19. The lowest BCUT2D eigenvalue weighted by Crippen LogP contribution is -1.90. The maximum absolute atomic E-state index is 6.09. The molecule has 0 bridgehead atoms. The normalized spacial score (nSPS) is 10.9.